The lowest BCUT2D eigenvalue weighted by molar-refractivity contribution is -0.114. The van der Waals surface area contributed by atoms with Crippen molar-refractivity contribution < 1.29 is 9.59 Å². The van der Waals surface area contributed by atoms with Gasteiger partial charge in [-0.15, -0.1) is 0 Å². The van der Waals surface area contributed by atoms with E-state index in [2.05, 4.69) is 0 Å². The summed E-state index contributed by atoms with van der Waals surface area (Å²) in [6.07, 6.45) is 0. The Morgan fingerprint density at radius 2 is 1.50 bits per heavy atom. The minimum atomic E-state index is -0.602. The third-order valence-corrected chi connectivity index (χ3v) is 4.96. The van der Waals surface area contributed by atoms with Crippen molar-refractivity contribution >= 4 is 35.8 Å². The lowest BCUT2D eigenvalue weighted by atomic mass is 10.2. The lowest BCUT2D eigenvalue weighted by Gasteiger charge is -1.97. The smallest absolute Gasteiger partial charge is 0.169 e. The van der Waals surface area contributed by atoms with Crippen LogP contribution in [0, 0.1) is 3.57 Å². The number of rotatable bonds is 3. The fraction of sp³-hybridized carbons (Fsp3) is 0.182. The van der Waals surface area contributed by atoms with Crippen LogP contribution in [0.3, 0.4) is 0 Å². The summed E-state index contributed by atoms with van der Waals surface area (Å²) in [5.41, 5.74) is 0. The van der Waals surface area contributed by atoms with E-state index in [-0.39, 0.29) is 11.6 Å². The molecule has 0 radical (unpaired) electrons. The molecule has 0 saturated carbocycles. The van der Waals surface area contributed by atoms with Crippen LogP contribution in [-0.4, -0.2) is 15.1 Å². The summed E-state index contributed by atoms with van der Waals surface area (Å²) in [6, 6.07) is 9.69. The van der Waals surface area contributed by atoms with Gasteiger partial charge in [0.1, 0.15) is 0 Å². The largest absolute Gasteiger partial charge is 0.294 e. The van der Waals surface area contributed by atoms with Crippen molar-refractivity contribution in [3.05, 3.63) is 33.9 Å². The number of benzene rings is 1. The zero-order valence-corrected chi connectivity index (χ0v) is 10.2. The zero-order chi connectivity index (χ0) is 10.6. The molecule has 14 heavy (non-hydrogen) atoms. The third-order valence-electron chi connectivity index (χ3n) is 1.55. The summed E-state index contributed by atoms with van der Waals surface area (Å²) < 4.78 is 1.58. The van der Waals surface area contributed by atoms with E-state index in [1.54, 1.807) is 0 Å². The van der Waals surface area contributed by atoms with Crippen LogP contribution in [0.15, 0.2) is 30.3 Å². The van der Waals surface area contributed by atoms with Crippen molar-refractivity contribution in [2.45, 2.75) is 13.8 Å². The lowest BCUT2D eigenvalue weighted by Crippen LogP contribution is -2.16. The maximum atomic E-state index is 11.2. The van der Waals surface area contributed by atoms with Crippen molar-refractivity contribution in [2.24, 2.45) is 0 Å². The van der Waals surface area contributed by atoms with Crippen molar-refractivity contribution in [3.63, 3.8) is 0 Å². The number of hydrogen-bond acceptors (Lipinski definition) is 2. The van der Waals surface area contributed by atoms with Crippen molar-refractivity contribution in [2.75, 3.05) is 0 Å². The van der Waals surface area contributed by atoms with Gasteiger partial charge < -0.3 is 0 Å². The normalized spacial score (nSPS) is 9.57. The Bertz CT molecular complexity index is 364. The average molecular weight is 302 g/mol. The summed E-state index contributed by atoms with van der Waals surface area (Å²) in [7, 11) is 0. The second-order valence-electron chi connectivity index (χ2n) is 2.82. The van der Waals surface area contributed by atoms with E-state index >= 15 is 0 Å². The Labute approximate surface area is 93.1 Å². The molecule has 1 rings (SSSR count). The van der Waals surface area contributed by atoms with E-state index in [0.29, 0.717) is 3.51 Å². The maximum absolute atomic E-state index is 11.2. The molecule has 2 nitrogen and oxygen atoms in total. The van der Waals surface area contributed by atoms with Crippen LogP contribution < -0.4 is 0 Å². The molecule has 0 aliphatic heterocycles. The Morgan fingerprint density at radius 1 is 1.00 bits per heavy atom. The van der Waals surface area contributed by atoms with Gasteiger partial charge in [-0.05, 0) is 26.0 Å². The highest BCUT2D eigenvalue weighted by molar-refractivity contribution is 14.2. The molecule has 0 spiro atoms. The molecule has 0 amide bonds. The van der Waals surface area contributed by atoms with Gasteiger partial charge in [0.05, 0.1) is 3.51 Å². The fourth-order valence-corrected chi connectivity index (χ4v) is 3.12. The van der Waals surface area contributed by atoms with Crippen LogP contribution in [0.2, 0.25) is 0 Å². The number of ketones is 2. The van der Waals surface area contributed by atoms with Crippen LogP contribution in [0.1, 0.15) is 13.8 Å². The van der Waals surface area contributed by atoms with Gasteiger partial charge in [-0.1, -0.05) is 38.9 Å². The van der Waals surface area contributed by atoms with Gasteiger partial charge in [0.25, 0.3) is 0 Å². The fourth-order valence-electron chi connectivity index (χ4n) is 0.968. The standard InChI is InChI=1S/C11H11IO2/c1-8(13)11(9(2)14)12-10-6-4-3-5-7-10/h3-7H,1-2H3. The molecule has 0 heterocycles. The van der Waals surface area contributed by atoms with Gasteiger partial charge >= 0.3 is 0 Å². The van der Waals surface area contributed by atoms with Gasteiger partial charge in [0.15, 0.2) is 11.6 Å². The first-order chi connectivity index (χ1) is 6.61. The van der Waals surface area contributed by atoms with Crippen molar-refractivity contribution in [1.29, 1.82) is 0 Å². The second kappa shape index (κ2) is 5.14. The zero-order valence-electron chi connectivity index (χ0n) is 8.08. The predicted molar refractivity (Wildman–Crippen MR) is 65.5 cm³/mol. The monoisotopic (exact) mass is 302 g/mol. The first-order valence-corrected chi connectivity index (χ1v) is 6.35. The Balaban J connectivity index is 3.06. The summed E-state index contributed by atoms with van der Waals surface area (Å²) >= 11 is -0.602. The second-order valence-corrected chi connectivity index (χ2v) is 5.68. The van der Waals surface area contributed by atoms with Crippen LogP contribution >= 0.6 is 20.7 Å². The predicted octanol–water partition coefficient (Wildman–Crippen LogP) is 2.18. The molecule has 0 aliphatic carbocycles. The van der Waals surface area contributed by atoms with E-state index in [0.717, 1.165) is 3.57 Å². The highest BCUT2D eigenvalue weighted by atomic mass is 127. The first-order valence-electron chi connectivity index (χ1n) is 4.20. The van der Waals surface area contributed by atoms with Gasteiger partial charge in [-0.2, -0.15) is 0 Å². The van der Waals surface area contributed by atoms with Crippen LogP contribution in [-0.2, 0) is 9.59 Å². The molecule has 74 valence electrons. The van der Waals surface area contributed by atoms with Crippen molar-refractivity contribution in [3.8, 4) is 0 Å². The van der Waals surface area contributed by atoms with Crippen LogP contribution in [0.25, 0.3) is 0 Å². The van der Waals surface area contributed by atoms with Crippen molar-refractivity contribution in [1.82, 2.24) is 0 Å². The van der Waals surface area contributed by atoms with Gasteiger partial charge in [-0.3, -0.25) is 9.59 Å². The summed E-state index contributed by atoms with van der Waals surface area (Å²) in [4.78, 5) is 22.3. The highest BCUT2D eigenvalue weighted by Crippen LogP contribution is 2.13. The number of carbonyl (C=O) groups is 2. The van der Waals surface area contributed by atoms with Crippen LogP contribution in [0.5, 0.6) is 0 Å². The summed E-state index contributed by atoms with van der Waals surface area (Å²) in [5, 5.41) is 0. The van der Waals surface area contributed by atoms with E-state index in [1.165, 1.54) is 13.8 Å². The minimum absolute atomic E-state index is 0.0887. The molecule has 0 bridgehead atoms. The average Bonchev–Trinajstić information content (AvgIpc) is 2.15. The van der Waals surface area contributed by atoms with E-state index < -0.39 is 20.7 Å². The Hall–Kier alpha value is -0.840. The molecule has 0 N–H and O–H groups in total. The van der Waals surface area contributed by atoms with Gasteiger partial charge in [-0.25, -0.2) is 0 Å². The number of halogens is 1. The molecule has 0 saturated heterocycles. The first kappa shape index (κ1) is 11.2. The molecule has 0 aliphatic rings. The molecule has 0 aromatic heterocycles. The highest BCUT2D eigenvalue weighted by Gasteiger charge is 2.09. The quantitative estimate of drug-likeness (QED) is 0.633. The van der Waals surface area contributed by atoms with E-state index in [9.17, 15) is 9.59 Å². The van der Waals surface area contributed by atoms with E-state index in [4.69, 9.17) is 0 Å². The third kappa shape index (κ3) is 3.14. The molecule has 0 fully saturated rings. The number of carbonyl (C=O) groups excluding carboxylic acids is 2. The summed E-state index contributed by atoms with van der Waals surface area (Å²) in [6.45, 7) is 2.92. The molecule has 0 unspecified atom stereocenters. The maximum Gasteiger partial charge on any atom is 0.169 e. The number of Topliss-reactive ketones (excluding diaryl/α,β-unsaturated/α-hetero) is 2. The van der Waals surface area contributed by atoms with Gasteiger partial charge in [0, 0.05) is 3.57 Å². The van der Waals surface area contributed by atoms with Crippen LogP contribution in [0.4, 0.5) is 0 Å². The number of hydrogen-bond donors (Lipinski definition) is 0. The Morgan fingerprint density at radius 3 is 1.93 bits per heavy atom. The molecular weight excluding hydrogens is 291 g/mol. The SMILES string of the molecule is CC(=O)C(=Ic1ccccc1)C(C)=O. The molecule has 3 heteroatoms. The summed E-state index contributed by atoms with van der Waals surface area (Å²) in [5.74, 6) is -0.177. The molecule has 1 aromatic rings. The van der Waals surface area contributed by atoms with Gasteiger partial charge in [0.2, 0.25) is 0 Å². The molecule has 1 aromatic carbocycles. The molecular formula is C11H11IO2. The molecule has 0 atom stereocenters. The Kier molecular flexibility index (Phi) is 4.13. The van der Waals surface area contributed by atoms with E-state index in [1.807, 2.05) is 30.3 Å². The minimum Gasteiger partial charge on any atom is -0.294 e. The topological polar surface area (TPSA) is 34.1 Å².